The van der Waals surface area contributed by atoms with E-state index in [9.17, 15) is 4.79 Å². The Kier molecular flexibility index (Phi) is 6.35. The van der Waals surface area contributed by atoms with Gasteiger partial charge in [0, 0.05) is 22.5 Å². The van der Waals surface area contributed by atoms with Crippen LogP contribution in [0.5, 0.6) is 0 Å². The molecule has 2 aromatic carbocycles. The molecule has 0 radical (unpaired) electrons. The average molecular weight is 419 g/mol. The van der Waals surface area contributed by atoms with Crippen molar-refractivity contribution in [1.82, 2.24) is 5.32 Å². The lowest BCUT2D eigenvalue weighted by Crippen LogP contribution is -2.37. The lowest BCUT2D eigenvalue weighted by atomic mass is 9.72. The Labute approximate surface area is 183 Å². The summed E-state index contributed by atoms with van der Waals surface area (Å²) in [7, 11) is 0. The number of nitrogen functional groups attached to an aromatic ring is 1. The number of nitrogens with two attached hydrogens (primary N) is 1. The monoisotopic (exact) mass is 418 g/mol. The summed E-state index contributed by atoms with van der Waals surface area (Å²) < 4.78 is 0. The summed E-state index contributed by atoms with van der Waals surface area (Å²) in [4.78, 5) is 14.1. The lowest BCUT2D eigenvalue weighted by molar-refractivity contribution is 0.0993. The molecule has 0 atom stereocenters. The minimum atomic E-state index is 0.114. The molecule has 1 fully saturated rings. The van der Waals surface area contributed by atoms with Crippen LogP contribution in [-0.4, -0.2) is 18.9 Å². The fraction of sp³-hybridized carbons (Fsp3) is 0.346. The molecule has 2 heterocycles. The highest BCUT2D eigenvalue weighted by atomic mass is 32.1. The topological polar surface area (TPSA) is 55.1 Å². The third-order valence-corrected chi connectivity index (χ3v) is 7.49. The van der Waals surface area contributed by atoms with Crippen LogP contribution < -0.4 is 11.1 Å². The van der Waals surface area contributed by atoms with E-state index in [4.69, 9.17) is 5.73 Å². The predicted molar refractivity (Wildman–Crippen MR) is 127 cm³/mol. The third kappa shape index (κ3) is 4.66. The first-order valence-electron chi connectivity index (χ1n) is 10.8. The number of nitrogens with one attached hydrogen (secondary N) is 1. The van der Waals surface area contributed by atoms with Gasteiger partial charge in [-0.15, -0.1) is 11.3 Å². The summed E-state index contributed by atoms with van der Waals surface area (Å²) in [6, 6.07) is 18.4. The van der Waals surface area contributed by atoms with Gasteiger partial charge >= 0.3 is 0 Å². The van der Waals surface area contributed by atoms with Crippen molar-refractivity contribution in [2.75, 3.05) is 18.8 Å². The summed E-state index contributed by atoms with van der Waals surface area (Å²) >= 11 is 1.69. The van der Waals surface area contributed by atoms with Gasteiger partial charge < -0.3 is 11.1 Å². The van der Waals surface area contributed by atoms with Crippen molar-refractivity contribution in [3.63, 3.8) is 0 Å². The number of thiophene rings is 1. The molecular formula is C26H30N2OS. The van der Waals surface area contributed by atoms with Crippen LogP contribution in [0.4, 0.5) is 5.69 Å². The molecule has 3 aromatic rings. The fourth-order valence-corrected chi connectivity index (χ4v) is 5.21. The van der Waals surface area contributed by atoms with Crippen LogP contribution in [-0.2, 0) is 12.8 Å². The van der Waals surface area contributed by atoms with Gasteiger partial charge in [0.05, 0.1) is 0 Å². The standard InChI is InChI=1S/C26H30N2OS/c1-2-26(11-13-28-14-12-26)18-19-5-7-20(8-6-19)24(29)17-22-16-21(9-10-23(22)27)25-4-3-15-30-25/h3-10,15-16,28H,2,11-14,17-18,27H2,1H3. The zero-order valence-electron chi connectivity index (χ0n) is 17.6. The first kappa shape index (κ1) is 20.8. The zero-order chi connectivity index (χ0) is 21.0. The molecule has 0 unspecified atom stereocenters. The minimum Gasteiger partial charge on any atom is -0.398 e. The number of ketones is 1. The summed E-state index contributed by atoms with van der Waals surface area (Å²) in [5.74, 6) is 0.114. The second-order valence-corrected chi connectivity index (χ2v) is 9.42. The van der Waals surface area contributed by atoms with E-state index in [0.29, 0.717) is 17.5 Å². The van der Waals surface area contributed by atoms with Crippen LogP contribution in [0, 0.1) is 5.41 Å². The molecule has 1 saturated heterocycles. The Morgan fingerprint density at radius 2 is 1.87 bits per heavy atom. The van der Waals surface area contributed by atoms with Gasteiger partial charge in [0.25, 0.3) is 0 Å². The molecule has 1 aliphatic rings. The average Bonchev–Trinajstić information content (AvgIpc) is 3.31. The van der Waals surface area contributed by atoms with Gasteiger partial charge in [-0.25, -0.2) is 0 Å². The van der Waals surface area contributed by atoms with Gasteiger partial charge in [0.15, 0.2) is 5.78 Å². The van der Waals surface area contributed by atoms with Crippen molar-refractivity contribution in [1.29, 1.82) is 0 Å². The van der Waals surface area contributed by atoms with Crippen molar-refractivity contribution in [3.05, 3.63) is 76.7 Å². The molecule has 0 amide bonds. The van der Waals surface area contributed by atoms with E-state index in [2.05, 4.69) is 41.9 Å². The Morgan fingerprint density at radius 3 is 2.53 bits per heavy atom. The van der Waals surface area contributed by atoms with Crippen molar-refractivity contribution >= 4 is 22.8 Å². The number of benzene rings is 2. The number of anilines is 1. The molecule has 4 heteroatoms. The van der Waals surface area contributed by atoms with E-state index in [1.165, 1.54) is 29.7 Å². The number of Topliss-reactive ketones (excluding diaryl/α,β-unsaturated/α-hetero) is 1. The number of rotatable bonds is 7. The van der Waals surface area contributed by atoms with Crippen molar-refractivity contribution in [3.8, 4) is 10.4 Å². The molecular weight excluding hydrogens is 388 g/mol. The molecule has 1 aromatic heterocycles. The normalized spacial score (nSPS) is 15.8. The van der Waals surface area contributed by atoms with Gasteiger partial charge in [-0.1, -0.05) is 49.7 Å². The molecule has 30 heavy (non-hydrogen) atoms. The Bertz CT molecular complexity index is 986. The summed E-state index contributed by atoms with van der Waals surface area (Å²) in [5, 5.41) is 5.53. The largest absolute Gasteiger partial charge is 0.398 e. The van der Waals surface area contributed by atoms with E-state index in [0.717, 1.165) is 36.2 Å². The molecule has 3 N–H and O–H groups in total. The van der Waals surface area contributed by atoms with Crippen LogP contribution in [0.15, 0.2) is 60.0 Å². The number of carbonyl (C=O) groups is 1. The maximum absolute atomic E-state index is 12.9. The van der Waals surface area contributed by atoms with Gasteiger partial charge in [-0.05, 0) is 78.0 Å². The molecule has 156 valence electrons. The van der Waals surface area contributed by atoms with Crippen molar-refractivity contribution < 1.29 is 4.79 Å². The molecule has 0 aliphatic carbocycles. The van der Waals surface area contributed by atoms with E-state index >= 15 is 0 Å². The maximum atomic E-state index is 12.9. The van der Waals surface area contributed by atoms with E-state index in [1.807, 2.05) is 30.3 Å². The minimum absolute atomic E-state index is 0.114. The highest BCUT2D eigenvalue weighted by Gasteiger charge is 2.30. The smallest absolute Gasteiger partial charge is 0.167 e. The zero-order valence-corrected chi connectivity index (χ0v) is 18.4. The number of hydrogen-bond acceptors (Lipinski definition) is 4. The number of hydrogen-bond donors (Lipinski definition) is 2. The summed E-state index contributed by atoms with van der Waals surface area (Å²) in [6.45, 7) is 4.52. The fourth-order valence-electron chi connectivity index (χ4n) is 4.48. The SMILES string of the molecule is CCC1(Cc2ccc(C(=O)Cc3cc(-c4cccs4)ccc3N)cc2)CCNCC1. The molecule has 0 spiro atoms. The van der Waals surface area contributed by atoms with Gasteiger partial charge in [-0.3, -0.25) is 4.79 Å². The highest BCUT2D eigenvalue weighted by molar-refractivity contribution is 7.13. The summed E-state index contributed by atoms with van der Waals surface area (Å²) in [5.41, 5.74) is 11.3. The predicted octanol–water partition coefficient (Wildman–Crippen LogP) is 5.75. The first-order valence-corrected chi connectivity index (χ1v) is 11.7. The summed E-state index contributed by atoms with van der Waals surface area (Å²) in [6.07, 6.45) is 5.08. The Hall–Kier alpha value is -2.43. The van der Waals surface area contributed by atoms with E-state index in [1.54, 1.807) is 11.3 Å². The van der Waals surface area contributed by atoms with Crippen molar-refractivity contribution in [2.24, 2.45) is 5.41 Å². The van der Waals surface area contributed by atoms with E-state index < -0.39 is 0 Å². The van der Waals surface area contributed by atoms with Gasteiger partial charge in [0.1, 0.15) is 0 Å². The van der Waals surface area contributed by atoms with Gasteiger partial charge in [0.2, 0.25) is 0 Å². The van der Waals surface area contributed by atoms with Crippen LogP contribution in [0.1, 0.15) is 47.7 Å². The van der Waals surface area contributed by atoms with Crippen LogP contribution in [0.2, 0.25) is 0 Å². The lowest BCUT2D eigenvalue weighted by Gasteiger charge is -2.37. The number of carbonyl (C=O) groups excluding carboxylic acids is 1. The quantitative estimate of drug-likeness (QED) is 0.380. The second-order valence-electron chi connectivity index (χ2n) is 8.47. The van der Waals surface area contributed by atoms with Crippen LogP contribution in [0.25, 0.3) is 10.4 Å². The van der Waals surface area contributed by atoms with Crippen LogP contribution >= 0.6 is 11.3 Å². The first-order chi connectivity index (χ1) is 14.6. The Morgan fingerprint density at radius 1 is 1.10 bits per heavy atom. The van der Waals surface area contributed by atoms with Crippen molar-refractivity contribution in [2.45, 2.75) is 39.0 Å². The van der Waals surface area contributed by atoms with Gasteiger partial charge in [-0.2, -0.15) is 0 Å². The molecule has 0 bridgehead atoms. The highest BCUT2D eigenvalue weighted by Crippen LogP contribution is 2.36. The number of piperidine rings is 1. The Balaban J connectivity index is 1.46. The maximum Gasteiger partial charge on any atom is 0.167 e. The molecule has 3 nitrogen and oxygen atoms in total. The second kappa shape index (κ2) is 9.15. The van der Waals surface area contributed by atoms with Crippen LogP contribution in [0.3, 0.4) is 0 Å². The third-order valence-electron chi connectivity index (χ3n) is 6.57. The molecule has 4 rings (SSSR count). The molecule has 0 saturated carbocycles. The molecule has 1 aliphatic heterocycles. The van der Waals surface area contributed by atoms with E-state index in [-0.39, 0.29) is 5.78 Å².